The average molecular weight is 220 g/mol. The van der Waals surface area contributed by atoms with Crippen molar-refractivity contribution in [2.24, 2.45) is 0 Å². The number of hydrogen-bond acceptors (Lipinski definition) is 2. The van der Waals surface area contributed by atoms with Gasteiger partial charge in [-0.1, -0.05) is 48.5 Å². The van der Waals surface area contributed by atoms with Crippen molar-refractivity contribution in [1.82, 2.24) is 4.98 Å². The zero-order valence-electron chi connectivity index (χ0n) is 9.30. The fourth-order valence-corrected chi connectivity index (χ4v) is 2.06. The Balaban J connectivity index is 2.31. The topological polar surface area (TPSA) is 38.9 Å². The van der Waals surface area contributed by atoms with Crippen LogP contribution in [0, 0.1) is 0 Å². The highest BCUT2D eigenvalue weighted by Crippen LogP contribution is 2.28. The Kier molecular flexibility index (Phi) is 2.26. The molecular formula is C15H12N2. The Bertz CT molecular complexity index is 660. The normalized spacial score (nSPS) is 10.6. The van der Waals surface area contributed by atoms with E-state index in [9.17, 15) is 0 Å². The molecule has 0 spiro atoms. The number of hydrogen-bond donors (Lipinski definition) is 1. The molecule has 2 nitrogen and oxygen atoms in total. The lowest BCUT2D eigenvalue weighted by molar-refractivity contribution is 1.37. The van der Waals surface area contributed by atoms with E-state index in [2.05, 4.69) is 29.2 Å². The minimum absolute atomic E-state index is 0.558. The molecule has 82 valence electrons. The largest absolute Gasteiger partial charge is 0.384 e. The molecule has 0 saturated heterocycles. The number of pyridine rings is 1. The summed E-state index contributed by atoms with van der Waals surface area (Å²) in [5.41, 5.74) is 8.09. The van der Waals surface area contributed by atoms with Crippen molar-refractivity contribution in [3.8, 4) is 11.1 Å². The molecule has 1 aromatic heterocycles. The fraction of sp³-hybridized carbons (Fsp3) is 0. The number of nitrogens with zero attached hydrogens (tertiary/aromatic N) is 1. The molecule has 0 aliphatic heterocycles. The summed E-state index contributed by atoms with van der Waals surface area (Å²) in [6.07, 6.45) is 1.84. The Labute approximate surface area is 99.7 Å². The monoisotopic (exact) mass is 220 g/mol. The highest BCUT2D eigenvalue weighted by molar-refractivity contribution is 5.96. The third-order valence-corrected chi connectivity index (χ3v) is 2.87. The smallest absolute Gasteiger partial charge is 0.123 e. The van der Waals surface area contributed by atoms with Gasteiger partial charge in [-0.15, -0.1) is 0 Å². The van der Waals surface area contributed by atoms with E-state index in [0.29, 0.717) is 5.82 Å². The molecule has 0 radical (unpaired) electrons. The maximum Gasteiger partial charge on any atom is 0.123 e. The second kappa shape index (κ2) is 3.91. The van der Waals surface area contributed by atoms with Crippen LogP contribution in [-0.2, 0) is 0 Å². The number of anilines is 1. The summed E-state index contributed by atoms with van der Waals surface area (Å²) < 4.78 is 0. The van der Waals surface area contributed by atoms with Crippen LogP contribution in [0.5, 0.6) is 0 Å². The van der Waals surface area contributed by atoms with Crippen molar-refractivity contribution >= 4 is 16.6 Å². The van der Waals surface area contributed by atoms with Crippen LogP contribution in [0.1, 0.15) is 0 Å². The summed E-state index contributed by atoms with van der Waals surface area (Å²) in [4.78, 5) is 4.17. The Morgan fingerprint density at radius 3 is 2.53 bits per heavy atom. The molecule has 1 heterocycles. The van der Waals surface area contributed by atoms with E-state index in [1.165, 1.54) is 11.1 Å². The van der Waals surface area contributed by atoms with Gasteiger partial charge in [0.15, 0.2) is 0 Å². The molecule has 0 unspecified atom stereocenters. The molecule has 3 aromatic rings. The fourth-order valence-electron chi connectivity index (χ4n) is 2.06. The Morgan fingerprint density at radius 1 is 0.882 bits per heavy atom. The number of fused-ring (bicyclic) bond motifs is 1. The minimum Gasteiger partial charge on any atom is -0.384 e. The number of nitrogen functional groups attached to an aromatic ring is 1. The highest BCUT2D eigenvalue weighted by atomic mass is 14.8. The third-order valence-electron chi connectivity index (χ3n) is 2.87. The van der Waals surface area contributed by atoms with E-state index in [1.807, 2.05) is 36.5 Å². The van der Waals surface area contributed by atoms with E-state index in [-0.39, 0.29) is 0 Å². The van der Waals surface area contributed by atoms with Crippen molar-refractivity contribution in [3.05, 3.63) is 60.8 Å². The van der Waals surface area contributed by atoms with Gasteiger partial charge in [0.05, 0.1) is 0 Å². The van der Waals surface area contributed by atoms with Gasteiger partial charge in [-0.25, -0.2) is 4.98 Å². The first-order chi connectivity index (χ1) is 8.34. The molecule has 0 amide bonds. The number of benzene rings is 2. The molecule has 0 bridgehead atoms. The first kappa shape index (κ1) is 9.85. The molecule has 3 rings (SSSR count). The predicted octanol–water partition coefficient (Wildman–Crippen LogP) is 3.48. The molecule has 17 heavy (non-hydrogen) atoms. The minimum atomic E-state index is 0.558. The molecule has 2 aromatic carbocycles. The van der Waals surface area contributed by atoms with Crippen molar-refractivity contribution in [2.45, 2.75) is 0 Å². The molecule has 0 aliphatic carbocycles. The van der Waals surface area contributed by atoms with Gasteiger partial charge in [-0.3, -0.25) is 0 Å². The van der Waals surface area contributed by atoms with Crippen LogP contribution in [0.4, 0.5) is 5.82 Å². The van der Waals surface area contributed by atoms with E-state index < -0.39 is 0 Å². The van der Waals surface area contributed by atoms with E-state index >= 15 is 0 Å². The first-order valence-electron chi connectivity index (χ1n) is 5.54. The third kappa shape index (κ3) is 1.74. The maximum atomic E-state index is 5.70. The molecule has 0 aliphatic rings. The summed E-state index contributed by atoms with van der Waals surface area (Å²) in [7, 11) is 0. The van der Waals surface area contributed by atoms with Gasteiger partial charge in [-0.05, 0) is 22.6 Å². The van der Waals surface area contributed by atoms with Gasteiger partial charge < -0.3 is 5.73 Å². The second-order valence-electron chi connectivity index (χ2n) is 4.00. The van der Waals surface area contributed by atoms with Crippen LogP contribution < -0.4 is 5.73 Å². The highest BCUT2D eigenvalue weighted by Gasteiger charge is 2.03. The van der Waals surface area contributed by atoms with Crippen molar-refractivity contribution in [2.75, 3.05) is 5.73 Å². The lowest BCUT2D eigenvalue weighted by Crippen LogP contribution is -1.89. The summed E-state index contributed by atoms with van der Waals surface area (Å²) >= 11 is 0. The first-order valence-corrected chi connectivity index (χ1v) is 5.54. The Hall–Kier alpha value is -2.35. The molecule has 0 saturated carbocycles. The SMILES string of the molecule is Nc1cc2cccc(-c3ccccc3)c2cn1. The quantitative estimate of drug-likeness (QED) is 0.681. The summed E-state index contributed by atoms with van der Waals surface area (Å²) in [5, 5.41) is 2.26. The van der Waals surface area contributed by atoms with Crippen LogP contribution in [0.25, 0.3) is 21.9 Å². The van der Waals surface area contributed by atoms with Crippen molar-refractivity contribution in [3.63, 3.8) is 0 Å². The van der Waals surface area contributed by atoms with Gasteiger partial charge in [0, 0.05) is 11.6 Å². The number of aromatic nitrogens is 1. The Morgan fingerprint density at radius 2 is 1.71 bits per heavy atom. The van der Waals surface area contributed by atoms with Crippen LogP contribution in [0.3, 0.4) is 0 Å². The second-order valence-corrected chi connectivity index (χ2v) is 4.00. The van der Waals surface area contributed by atoms with Gasteiger partial charge in [0.1, 0.15) is 5.82 Å². The standard InChI is InChI=1S/C15H12N2/c16-15-9-12-7-4-8-13(14(12)10-17-15)11-5-2-1-3-6-11/h1-10H,(H2,16,17). The zero-order chi connectivity index (χ0) is 11.7. The van der Waals surface area contributed by atoms with E-state index in [1.54, 1.807) is 0 Å². The lowest BCUT2D eigenvalue weighted by Gasteiger charge is -2.06. The van der Waals surface area contributed by atoms with Crippen LogP contribution in [0.15, 0.2) is 60.8 Å². The summed E-state index contributed by atoms with van der Waals surface area (Å²) in [5.74, 6) is 0.558. The molecular weight excluding hydrogens is 208 g/mol. The summed E-state index contributed by atoms with van der Waals surface area (Å²) in [6, 6.07) is 18.4. The number of nitrogens with two attached hydrogens (primary N) is 1. The van der Waals surface area contributed by atoms with Crippen LogP contribution in [0.2, 0.25) is 0 Å². The maximum absolute atomic E-state index is 5.70. The van der Waals surface area contributed by atoms with Crippen LogP contribution >= 0.6 is 0 Å². The molecule has 2 heteroatoms. The molecule has 0 fully saturated rings. The van der Waals surface area contributed by atoms with Gasteiger partial charge in [0.25, 0.3) is 0 Å². The number of rotatable bonds is 1. The zero-order valence-corrected chi connectivity index (χ0v) is 9.30. The lowest BCUT2D eigenvalue weighted by atomic mass is 10.00. The summed E-state index contributed by atoms with van der Waals surface area (Å²) in [6.45, 7) is 0. The van der Waals surface area contributed by atoms with Gasteiger partial charge >= 0.3 is 0 Å². The van der Waals surface area contributed by atoms with Crippen molar-refractivity contribution in [1.29, 1.82) is 0 Å². The van der Waals surface area contributed by atoms with Crippen molar-refractivity contribution < 1.29 is 0 Å². The molecule has 2 N–H and O–H groups in total. The molecule has 0 atom stereocenters. The average Bonchev–Trinajstić information content (AvgIpc) is 2.39. The van der Waals surface area contributed by atoms with Gasteiger partial charge in [-0.2, -0.15) is 0 Å². The van der Waals surface area contributed by atoms with E-state index in [4.69, 9.17) is 5.73 Å². The predicted molar refractivity (Wildman–Crippen MR) is 71.6 cm³/mol. The van der Waals surface area contributed by atoms with Crippen LogP contribution in [-0.4, -0.2) is 4.98 Å². The van der Waals surface area contributed by atoms with E-state index in [0.717, 1.165) is 10.8 Å². The van der Waals surface area contributed by atoms with Gasteiger partial charge in [0.2, 0.25) is 0 Å².